The van der Waals surface area contributed by atoms with Crippen molar-refractivity contribution < 1.29 is 14.1 Å². The van der Waals surface area contributed by atoms with E-state index >= 15 is 0 Å². The van der Waals surface area contributed by atoms with Gasteiger partial charge in [0.25, 0.3) is 0 Å². The topological polar surface area (TPSA) is 70.2 Å². The van der Waals surface area contributed by atoms with Crippen LogP contribution in [-0.2, 0) is 13.2 Å². The Kier molecular flexibility index (Phi) is 3.74. The number of rotatable bonds is 5. The number of nitro groups is 1. The van der Waals surface area contributed by atoms with Gasteiger partial charge in [0.05, 0.1) is 4.92 Å². The average molecular weight is 265 g/mol. The minimum atomic E-state index is -0.915. The molecule has 1 aromatic heterocycles. The lowest BCUT2D eigenvalue weighted by Crippen LogP contribution is -2.05. The minimum absolute atomic E-state index is 0.179. The summed E-state index contributed by atoms with van der Waals surface area (Å²) in [6.45, 7) is 2.90. The maximum Gasteiger partial charge on any atom is 0.305 e. The van der Waals surface area contributed by atoms with Crippen molar-refractivity contribution in [3.05, 3.63) is 52.3 Å². The molecule has 6 nitrogen and oxygen atoms in total. The van der Waals surface area contributed by atoms with Gasteiger partial charge in [0.1, 0.15) is 18.2 Å². The summed E-state index contributed by atoms with van der Waals surface area (Å²) >= 11 is 0. The van der Waals surface area contributed by atoms with Crippen LogP contribution in [0.25, 0.3) is 0 Å². The standard InChI is InChI=1S/C12H12FN3O3/c1-2-15-6-5-14-12(15)8-19-9-3-4-11(16(17)18)10(13)7-9/h3-7H,2,8H2,1H3. The molecule has 0 saturated heterocycles. The average Bonchev–Trinajstić information content (AvgIpc) is 2.83. The summed E-state index contributed by atoms with van der Waals surface area (Å²) in [5.74, 6) is 0.0244. The number of aryl methyl sites for hydroxylation is 1. The number of aromatic nitrogens is 2. The van der Waals surface area contributed by atoms with E-state index in [9.17, 15) is 14.5 Å². The Balaban J connectivity index is 2.08. The highest BCUT2D eigenvalue weighted by atomic mass is 19.1. The van der Waals surface area contributed by atoms with Gasteiger partial charge >= 0.3 is 5.69 Å². The van der Waals surface area contributed by atoms with Gasteiger partial charge in [0.2, 0.25) is 5.82 Å². The number of ether oxygens (including phenoxy) is 1. The van der Waals surface area contributed by atoms with Gasteiger partial charge in [-0.15, -0.1) is 0 Å². The van der Waals surface area contributed by atoms with Crippen LogP contribution in [0.3, 0.4) is 0 Å². The Morgan fingerprint density at radius 2 is 2.32 bits per heavy atom. The molecule has 0 aliphatic heterocycles. The number of nitro benzene ring substituents is 1. The van der Waals surface area contributed by atoms with Crippen molar-refractivity contribution in [3.63, 3.8) is 0 Å². The number of halogens is 1. The number of imidazole rings is 1. The fourth-order valence-electron chi connectivity index (χ4n) is 1.64. The van der Waals surface area contributed by atoms with E-state index in [1.165, 1.54) is 6.07 Å². The van der Waals surface area contributed by atoms with Gasteiger partial charge in [-0.3, -0.25) is 10.1 Å². The maximum atomic E-state index is 13.4. The highest BCUT2D eigenvalue weighted by molar-refractivity contribution is 5.37. The molecule has 1 heterocycles. The lowest BCUT2D eigenvalue weighted by Gasteiger charge is -2.07. The molecule has 19 heavy (non-hydrogen) atoms. The normalized spacial score (nSPS) is 10.4. The molecule has 2 aromatic rings. The molecule has 0 bridgehead atoms. The predicted molar refractivity (Wildman–Crippen MR) is 65.3 cm³/mol. The molecule has 0 amide bonds. The first kappa shape index (κ1) is 13.0. The molecular formula is C12H12FN3O3. The van der Waals surface area contributed by atoms with E-state index in [1.807, 2.05) is 17.7 Å². The molecule has 0 atom stereocenters. The zero-order valence-corrected chi connectivity index (χ0v) is 10.2. The number of hydrogen-bond donors (Lipinski definition) is 0. The third-order valence-corrected chi connectivity index (χ3v) is 2.63. The van der Waals surface area contributed by atoms with Crippen molar-refractivity contribution in [1.29, 1.82) is 0 Å². The molecule has 0 N–H and O–H groups in total. The fourth-order valence-corrected chi connectivity index (χ4v) is 1.64. The molecule has 100 valence electrons. The second-order valence-corrected chi connectivity index (χ2v) is 3.79. The van der Waals surface area contributed by atoms with Crippen molar-refractivity contribution in [2.24, 2.45) is 0 Å². The second-order valence-electron chi connectivity index (χ2n) is 3.79. The molecule has 0 radical (unpaired) electrons. The van der Waals surface area contributed by atoms with Gasteiger partial charge in [0, 0.05) is 31.1 Å². The first-order valence-electron chi connectivity index (χ1n) is 5.68. The lowest BCUT2D eigenvalue weighted by atomic mass is 10.3. The molecule has 0 aliphatic carbocycles. The van der Waals surface area contributed by atoms with Crippen molar-refractivity contribution >= 4 is 5.69 Å². The van der Waals surface area contributed by atoms with Gasteiger partial charge in [-0.1, -0.05) is 0 Å². The Labute approximate surface area is 108 Å². The summed E-state index contributed by atoms with van der Waals surface area (Å²) in [7, 11) is 0. The van der Waals surface area contributed by atoms with E-state index in [4.69, 9.17) is 4.74 Å². The maximum absolute atomic E-state index is 13.4. The fraction of sp³-hybridized carbons (Fsp3) is 0.250. The summed E-state index contributed by atoms with van der Waals surface area (Å²) < 4.78 is 20.6. The van der Waals surface area contributed by atoms with Crippen molar-refractivity contribution in [1.82, 2.24) is 9.55 Å². The van der Waals surface area contributed by atoms with Crippen LogP contribution in [0, 0.1) is 15.9 Å². The molecule has 0 spiro atoms. The molecular weight excluding hydrogens is 253 g/mol. The van der Waals surface area contributed by atoms with E-state index in [0.717, 1.165) is 18.7 Å². The van der Waals surface area contributed by atoms with Crippen LogP contribution in [-0.4, -0.2) is 14.5 Å². The summed E-state index contributed by atoms with van der Waals surface area (Å²) in [5.41, 5.74) is -0.567. The molecule has 0 saturated carbocycles. The first-order chi connectivity index (χ1) is 9.11. The number of benzene rings is 1. The minimum Gasteiger partial charge on any atom is -0.486 e. The van der Waals surface area contributed by atoms with Gasteiger partial charge in [-0.05, 0) is 13.0 Å². The zero-order chi connectivity index (χ0) is 13.8. The zero-order valence-electron chi connectivity index (χ0n) is 10.2. The van der Waals surface area contributed by atoms with E-state index in [2.05, 4.69) is 4.98 Å². The van der Waals surface area contributed by atoms with Crippen LogP contribution < -0.4 is 4.74 Å². The van der Waals surface area contributed by atoms with E-state index < -0.39 is 16.4 Å². The van der Waals surface area contributed by atoms with Crippen LogP contribution in [0.15, 0.2) is 30.6 Å². The molecule has 0 unspecified atom stereocenters. The predicted octanol–water partition coefficient (Wildman–Crippen LogP) is 2.53. The number of nitrogens with zero attached hydrogens (tertiary/aromatic N) is 3. The van der Waals surface area contributed by atoms with Crippen LogP contribution in [0.2, 0.25) is 0 Å². The van der Waals surface area contributed by atoms with E-state index in [1.54, 1.807) is 6.20 Å². The molecule has 7 heteroatoms. The SMILES string of the molecule is CCn1ccnc1COc1ccc([N+](=O)[O-])c(F)c1. The Morgan fingerprint density at radius 1 is 1.53 bits per heavy atom. The summed E-state index contributed by atoms with van der Waals surface area (Å²) in [5, 5.41) is 10.5. The molecule has 0 aliphatic rings. The van der Waals surface area contributed by atoms with Crippen molar-refractivity contribution in [3.8, 4) is 5.75 Å². The van der Waals surface area contributed by atoms with E-state index in [0.29, 0.717) is 5.82 Å². The van der Waals surface area contributed by atoms with Gasteiger partial charge < -0.3 is 9.30 Å². The molecule has 1 aromatic carbocycles. The quantitative estimate of drug-likeness (QED) is 0.615. The van der Waals surface area contributed by atoms with Gasteiger partial charge in [-0.2, -0.15) is 4.39 Å². The Bertz CT molecular complexity index is 598. The van der Waals surface area contributed by atoms with Crippen LogP contribution in [0.4, 0.5) is 10.1 Å². The van der Waals surface area contributed by atoms with Gasteiger partial charge in [-0.25, -0.2) is 4.98 Å². The van der Waals surface area contributed by atoms with Crippen LogP contribution in [0.5, 0.6) is 5.75 Å². The van der Waals surface area contributed by atoms with Crippen LogP contribution >= 0.6 is 0 Å². The summed E-state index contributed by atoms with van der Waals surface area (Å²) in [6.07, 6.45) is 3.47. The third-order valence-electron chi connectivity index (χ3n) is 2.63. The lowest BCUT2D eigenvalue weighted by molar-refractivity contribution is -0.387. The molecule has 2 rings (SSSR count). The van der Waals surface area contributed by atoms with Crippen LogP contribution in [0.1, 0.15) is 12.7 Å². The molecule has 0 fully saturated rings. The first-order valence-corrected chi connectivity index (χ1v) is 5.68. The Morgan fingerprint density at radius 3 is 2.95 bits per heavy atom. The number of hydrogen-bond acceptors (Lipinski definition) is 4. The monoisotopic (exact) mass is 265 g/mol. The highest BCUT2D eigenvalue weighted by Gasteiger charge is 2.14. The smallest absolute Gasteiger partial charge is 0.305 e. The van der Waals surface area contributed by atoms with E-state index in [-0.39, 0.29) is 12.4 Å². The summed E-state index contributed by atoms with van der Waals surface area (Å²) in [4.78, 5) is 13.8. The van der Waals surface area contributed by atoms with Crippen molar-refractivity contribution in [2.45, 2.75) is 20.1 Å². The largest absolute Gasteiger partial charge is 0.486 e. The second kappa shape index (κ2) is 5.47. The third kappa shape index (κ3) is 2.87. The Hall–Kier alpha value is -2.44. The van der Waals surface area contributed by atoms with Crippen molar-refractivity contribution in [2.75, 3.05) is 0 Å². The van der Waals surface area contributed by atoms with Gasteiger partial charge in [0.15, 0.2) is 0 Å². The summed E-state index contributed by atoms with van der Waals surface area (Å²) in [6, 6.07) is 3.44. The highest BCUT2D eigenvalue weighted by Crippen LogP contribution is 2.22.